The topological polar surface area (TPSA) is 113 Å². The molecule has 132 valence electrons. The first-order valence-corrected chi connectivity index (χ1v) is 8.97. The second kappa shape index (κ2) is 7.73. The number of hydrogen-bond donors (Lipinski definition) is 2. The highest BCUT2D eigenvalue weighted by molar-refractivity contribution is 7.89. The summed E-state index contributed by atoms with van der Waals surface area (Å²) in [6, 6.07) is 4.62. The summed E-state index contributed by atoms with van der Waals surface area (Å²) in [6.45, 7) is 0.781. The molecule has 24 heavy (non-hydrogen) atoms. The van der Waals surface area contributed by atoms with Gasteiger partial charge in [-0.1, -0.05) is 0 Å². The third-order valence-electron chi connectivity index (χ3n) is 3.81. The molecule has 1 heterocycles. The number of sulfonamides is 1. The van der Waals surface area contributed by atoms with Gasteiger partial charge < -0.3 is 14.7 Å². The fourth-order valence-electron chi connectivity index (χ4n) is 2.57. The highest BCUT2D eigenvalue weighted by Gasteiger charge is 2.34. The molecule has 2 N–H and O–H groups in total. The third-order valence-corrected chi connectivity index (χ3v) is 5.29. The molecule has 1 unspecified atom stereocenters. The van der Waals surface area contributed by atoms with Gasteiger partial charge in [0.25, 0.3) is 5.91 Å². The van der Waals surface area contributed by atoms with E-state index >= 15 is 0 Å². The Morgan fingerprint density at radius 1 is 1.33 bits per heavy atom. The summed E-state index contributed by atoms with van der Waals surface area (Å²) in [5, 5.41) is 9.14. The van der Waals surface area contributed by atoms with Crippen LogP contribution in [0.25, 0.3) is 0 Å². The van der Waals surface area contributed by atoms with Crippen LogP contribution in [0.2, 0.25) is 0 Å². The lowest BCUT2D eigenvalue weighted by molar-refractivity contribution is -0.141. The Labute approximate surface area is 140 Å². The fraction of sp³-hybridized carbons (Fsp3) is 0.467. The predicted octanol–water partition coefficient (Wildman–Crippen LogP) is 0.301. The molecule has 2 rings (SSSR count). The van der Waals surface area contributed by atoms with Crippen LogP contribution in [-0.2, 0) is 19.6 Å². The maximum atomic E-state index is 12.4. The lowest BCUT2D eigenvalue weighted by Gasteiger charge is -2.21. The van der Waals surface area contributed by atoms with E-state index in [1.807, 2.05) is 0 Å². The van der Waals surface area contributed by atoms with Crippen molar-refractivity contribution in [3.05, 3.63) is 29.8 Å². The highest BCUT2D eigenvalue weighted by atomic mass is 32.2. The molecule has 1 fully saturated rings. The van der Waals surface area contributed by atoms with Crippen LogP contribution in [0, 0.1) is 0 Å². The zero-order chi connectivity index (χ0) is 17.7. The molecule has 1 aromatic rings. The third kappa shape index (κ3) is 4.11. The van der Waals surface area contributed by atoms with Crippen LogP contribution in [-0.4, -0.2) is 63.1 Å². The molecule has 1 aromatic carbocycles. The van der Waals surface area contributed by atoms with Crippen LogP contribution in [0.5, 0.6) is 0 Å². The summed E-state index contributed by atoms with van der Waals surface area (Å²) >= 11 is 0. The van der Waals surface area contributed by atoms with Crippen LogP contribution < -0.4 is 4.72 Å². The largest absolute Gasteiger partial charge is 0.480 e. The zero-order valence-corrected chi connectivity index (χ0v) is 14.1. The van der Waals surface area contributed by atoms with Gasteiger partial charge in [-0.25, -0.2) is 17.9 Å². The Balaban J connectivity index is 2.11. The lowest BCUT2D eigenvalue weighted by Crippen LogP contribution is -2.40. The van der Waals surface area contributed by atoms with Gasteiger partial charge in [0.15, 0.2) is 0 Å². The number of carbonyl (C=O) groups excluding carboxylic acids is 1. The van der Waals surface area contributed by atoms with Gasteiger partial charge >= 0.3 is 5.97 Å². The van der Waals surface area contributed by atoms with Gasteiger partial charge in [-0.15, -0.1) is 0 Å². The first kappa shape index (κ1) is 18.4. The van der Waals surface area contributed by atoms with Crippen molar-refractivity contribution < 1.29 is 27.9 Å². The number of aliphatic carboxylic acids is 1. The number of carboxylic acid groups (broad SMARTS) is 1. The minimum absolute atomic E-state index is 0.0337. The average molecular weight is 356 g/mol. The SMILES string of the molecule is COCCNS(=O)(=O)c1ccc(C(=O)N2CCCC2C(=O)O)cc1. The van der Waals surface area contributed by atoms with E-state index in [1.54, 1.807) is 0 Å². The number of likely N-dealkylation sites (tertiary alicyclic amines) is 1. The molecule has 1 saturated heterocycles. The van der Waals surface area contributed by atoms with E-state index < -0.39 is 27.9 Å². The first-order chi connectivity index (χ1) is 11.4. The number of benzene rings is 1. The number of nitrogens with one attached hydrogen (secondary N) is 1. The van der Waals surface area contributed by atoms with Crippen LogP contribution in [0.4, 0.5) is 0 Å². The van der Waals surface area contributed by atoms with E-state index in [2.05, 4.69) is 4.72 Å². The molecule has 0 bridgehead atoms. The molecular formula is C15H20N2O6S. The Morgan fingerprint density at radius 2 is 2.00 bits per heavy atom. The van der Waals surface area contributed by atoms with Crippen LogP contribution >= 0.6 is 0 Å². The molecular weight excluding hydrogens is 336 g/mol. The van der Waals surface area contributed by atoms with Crippen molar-refractivity contribution in [1.29, 1.82) is 0 Å². The van der Waals surface area contributed by atoms with Crippen molar-refractivity contribution in [1.82, 2.24) is 9.62 Å². The molecule has 0 aromatic heterocycles. The van der Waals surface area contributed by atoms with Gasteiger partial charge in [0.05, 0.1) is 11.5 Å². The van der Waals surface area contributed by atoms with Crippen molar-refractivity contribution in [2.24, 2.45) is 0 Å². The monoisotopic (exact) mass is 356 g/mol. The number of ether oxygens (including phenoxy) is 1. The first-order valence-electron chi connectivity index (χ1n) is 7.49. The summed E-state index contributed by atoms with van der Waals surface area (Å²) in [5.74, 6) is -1.43. The summed E-state index contributed by atoms with van der Waals surface area (Å²) in [6.07, 6.45) is 1.07. The fourth-order valence-corrected chi connectivity index (χ4v) is 3.58. The van der Waals surface area contributed by atoms with Crippen molar-refractivity contribution >= 4 is 21.9 Å². The van der Waals surface area contributed by atoms with Crippen LogP contribution in [0.15, 0.2) is 29.2 Å². The number of carbonyl (C=O) groups is 2. The zero-order valence-electron chi connectivity index (χ0n) is 13.3. The van der Waals surface area contributed by atoms with E-state index in [-0.39, 0.29) is 23.6 Å². The quantitative estimate of drug-likeness (QED) is 0.680. The van der Waals surface area contributed by atoms with E-state index in [1.165, 1.54) is 36.3 Å². The summed E-state index contributed by atoms with van der Waals surface area (Å²) < 4.78 is 31.3. The van der Waals surface area contributed by atoms with Gasteiger partial charge in [0.1, 0.15) is 6.04 Å². The van der Waals surface area contributed by atoms with Crippen molar-refractivity contribution in [3.8, 4) is 0 Å². The van der Waals surface area contributed by atoms with Crippen molar-refractivity contribution in [3.63, 3.8) is 0 Å². The number of amides is 1. The molecule has 0 saturated carbocycles. The molecule has 8 nitrogen and oxygen atoms in total. The predicted molar refractivity (Wildman–Crippen MR) is 85.2 cm³/mol. The minimum atomic E-state index is -3.67. The maximum Gasteiger partial charge on any atom is 0.326 e. The van der Waals surface area contributed by atoms with Crippen molar-refractivity contribution in [2.75, 3.05) is 26.8 Å². The summed E-state index contributed by atoms with van der Waals surface area (Å²) in [7, 11) is -2.20. The van der Waals surface area contributed by atoms with Gasteiger partial charge in [-0.05, 0) is 37.1 Å². The summed E-state index contributed by atoms with van der Waals surface area (Å²) in [4.78, 5) is 24.9. The molecule has 1 atom stereocenters. The van der Waals surface area contributed by atoms with Gasteiger partial charge in [0, 0.05) is 25.8 Å². The van der Waals surface area contributed by atoms with E-state index in [9.17, 15) is 18.0 Å². The number of rotatable bonds is 7. The average Bonchev–Trinajstić information content (AvgIpc) is 3.04. The standard InChI is InChI=1S/C15H20N2O6S/c1-23-10-8-16-24(21,22)12-6-4-11(5-7-12)14(18)17-9-2-3-13(17)15(19)20/h4-7,13,16H,2-3,8-10H2,1H3,(H,19,20). The number of nitrogens with zero attached hydrogens (tertiary/aromatic N) is 1. The molecule has 9 heteroatoms. The van der Waals surface area contributed by atoms with E-state index in [0.29, 0.717) is 19.4 Å². The lowest BCUT2D eigenvalue weighted by atomic mass is 10.1. The van der Waals surface area contributed by atoms with Crippen LogP contribution in [0.1, 0.15) is 23.2 Å². The van der Waals surface area contributed by atoms with Gasteiger partial charge in [0.2, 0.25) is 10.0 Å². The van der Waals surface area contributed by atoms with E-state index in [4.69, 9.17) is 9.84 Å². The molecule has 1 aliphatic heterocycles. The Bertz CT molecular complexity index is 701. The molecule has 0 aliphatic carbocycles. The van der Waals surface area contributed by atoms with E-state index in [0.717, 1.165) is 0 Å². The number of carboxylic acids is 1. The maximum absolute atomic E-state index is 12.4. The Kier molecular flexibility index (Phi) is 5.92. The van der Waals surface area contributed by atoms with Gasteiger partial charge in [-0.3, -0.25) is 4.79 Å². The van der Waals surface area contributed by atoms with Crippen LogP contribution in [0.3, 0.4) is 0 Å². The second-order valence-corrected chi connectivity index (χ2v) is 7.18. The minimum Gasteiger partial charge on any atom is -0.480 e. The summed E-state index contributed by atoms with van der Waals surface area (Å²) in [5.41, 5.74) is 0.263. The number of hydrogen-bond acceptors (Lipinski definition) is 5. The Hall–Kier alpha value is -1.97. The van der Waals surface area contributed by atoms with Gasteiger partial charge in [-0.2, -0.15) is 0 Å². The molecule has 1 aliphatic rings. The Morgan fingerprint density at radius 3 is 2.58 bits per heavy atom. The molecule has 0 spiro atoms. The highest BCUT2D eigenvalue weighted by Crippen LogP contribution is 2.21. The second-order valence-electron chi connectivity index (χ2n) is 5.41. The number of methoxy groups -OCH3 is 1. The normalized spacial score (nSPS) is 17.9. The molecule has 0 radical (unpaired) electrons. The van der Waals surface area contributed by atoms with Crippen molar-refractivity contribution in [2.45, 2.75) is 23.8 Å². The molecule has 1 amide bonds. The smallest absolute Gasteiger partial charge is 0.326 e.